The van der Waals surface area contributed by atoms with E-state index in [0.717, 1.165) is 25.7 Å². The van der Waals surface area contributed by atoms with Gasteiger partial charge in [0.15, 0.2) is 23.0 Å². The number of nitrogens with zero attached hydrogens (tertiary/aromatic N) is 2. The number of hydrogen-bond donors (Lipinski definition) is 2. The molecule has 328 valence electrons. The predicted molar refractivity (Wildman–Crippen MR) is 243 cm³/mol. The molecule has 0 atom stereocenters. The number of aromatic hydroxyl groups is 2. The maximum Gasteiger partial charge on any atom is 0.265 e. The van der Waals surface area contributed by atoms with Gasteiger partial charge in [-0.15, -0.1) is 0 Å². The molecule has 0 radical (unpaired) electrons. The minimum Gasteiger partial charge on any atom is -0.503 e. The Morgan fingerprint density at radius 3 is 0.842 bits per heavy atom. The second kappa shape index (κ2) is 33.2. The highest BCUT2D eigenvalue weighted by molar-refractivity contribution is 5.41. The van der Waals surface area contributed by atoms with Crippen LogP contribution >= 0.6 is 0 Å². The summed E-state index contributed by atoms with van der Waals surface area (Å²) in [6.45, 7) is 9.73. The smallest absolute Gasteiger partial charge is 0.265 e. The molecule has 0 saturated carbocycles. The average molecular weight is 797 g/mol. The summed E-state index contributed by atoms with van der Waals surface area (Å²) < 4.78 is 9.78. The fourth-order valence-corrected chi connectivity index (χ4v) is 8.39. The Kier molecular flexibility index (Phi) is 29.4. The van der Waals surface area contributed by atoms with Crippen molar-refractivity contribution in [2.45, 2.75) is 259 Å². The maximum atomic E-state index is 13.2. The molecule has 2 rings (SSSR count). The third-order valence-corrected chi connectivity index (χ3v) is 12.1. The lowest BCUT2D eigenvalue weighted by atomic mass is 10.0. The average Bonchev–Trinajstić information content (AvgIpc) is 3.21. The van der Waals surface area contributed by atoms with E-state index in [4.69, 9.17) is 4.74 Å². The number of unbranched alkanes of at least 4 members (excludes halogenated alkanes) is 30. The van der Waals surface area contributed by atoms with Gasteiger partial charge in [-0.2, -0.15) is 0 Å². The number of aromatic nitrogens is 2. The number of rotatable bonds is 38. The zero-order valence-corrected chi connectivity index (χ0v) is 37.6. The molecule has 0 aromatic carbocycles. The molecule has 57 heavy (non-hydrogen) atoms. The molecule has 0 spiro atoms. The van der Waals surface area contributed by atoms with Crippen molar-refractivity contribution in [1.82, 2.24) is 9.13 Å². The van der Waals surface area contributed by atoms with Crippen LogP contribution in [0, 0.1) is 0 Å². The van der Waals surface area contributed by atoms with Gasteiger partial charge in [-0.3, -0.25) is 9.59 Å². The van der Waals surface area contributed by atoms with Gasteiger partial charge in [0.05, 0.1) is 23.8 Å². The van der Waals surface area contributed by atoms with Gasteiger partial charge in [-0.05, 0) is 25.7 Å². The fourth-order valence-electron chi connectivity index (χ4n) is 8.39. The summed E-state index contributed by atoms with van der Waals surface area (Å²) in [6, 6.07) is 0. The molecule has 0 unspecified atom stereocenters. The SMILES string of the molecule is CCCCCCCCCCCCCCCCCCn1cc(Oc2cn(CCCCCCCCCCCCCCCCCC)c(CC)c(O)c2=O)c(=O)c(O)c1CC. The molecule has 0 aliphatic heterocycles. The lowest BCUT2D eigenvalue weighted by Gasteiger charge is -2.18. The number of aryl methyl sites for hydroxylation is 2. The molecule has 0 aliphatic rings. The molecule has 7 nitrogen and oxygen atoms in total. The van der Waals surface area contributed by atoms with Crippen LogP contribution in [0.1, 0.15) is 245 Å². The Morgan fingerprint density at radius 2 is 0.614 bits per heavy atom. The van der Waals surface area contributed by atoms with Crippen molar-refractivity contribution < 1.29 is 14.9 Å². The number of pyridine rings is 2. The van der Waals surface area contributed by atoms with Crippen molar-refractivity contribution in [3.8, 4) is 23.0 Å². The summed E-state index contributed by atoms with van der Waals surface area (Å²) >= 11 is 0. The third-order valence-electron chi connectivity index (χ3n) is 12.1. The lowest BCUT2D eigenvalue weighted by Crippen LogP contribution is -2.19. The summed E-state index contributed by atoms with van der Waals surface area (Å²) in [5.41, 5.74) is -0.0902. The first-order valence-electron chi connectivity index (χ1n) is 24.5. The monoisotopic (exact) mass is 797 g/mol. The summed E-state index contributed by atoms with van der Waals surface area (Å²) in [6.07, 6.45) is 46.0. The summed E-state index contributed by atoms with van der Waals surface area (Å²) in [5.74, 6) is -0.824. The molecular weight excluding hydrogens is 709 g/mol. The Hall–Kier alpha value is -2.70. The second-order valence-corrected chi connectivity index (χ2v) is 17.0. The molecule has 2 aromatic rings. The van der Waals surface area contributed by atoms with E-state index in [9.17, 15) is 19.8 Å². The van der Waals surface area contributed by atoms with E-state index < -0.39 is 10.9 Å². The van der Waals surface area contributed by atoms with Crippen molar-refractivity contribution >= 4 is 0 Å². The normalized spacial score (nSPS) is 11.5. The topological polar surface area (TPSA) is 93.7 Å². The minimum absolute atomic E-state index is 0.0871. The molecular formula is C50H88N2O5. The fraction of sp³-hybridized carbons (Fsp3) is 0.800. The third kappa shape index (κ3) is 21.2. The second-order valence-electron chi connectivity index (χ2n) is 17.0. The van der Waals surface area contributed by atoms with E-state index in [1.54, 1.807) is 12.4 Å². The maximum absolute atomic E-state index is 13.2. The van der Waals surface area contributed by atoms with Gasteiger partial charge in [0.25, 0.3) is 10.9 Å². The summed E-state index contributed by atoms with van der Waals surface area (Å²) in [7, 11) is 0. The van der Waals surface area contributed by atoms with Crippen LogP contribution < -0.4 is 15.6 Å². The predicted octanol–water partition coefficient (Wildman–Crippen LogP) is 14.9. The van der Waals surface area contributed by atoms with Gasteiger partial charge in [0, 0.05) is 13.1 Å². The van der Waals surface area contributed by atoms with Gasteiger partial charge in [-0.1, -0.05) is 220 Å². The van der Waals surface area contributed by atoms with E-state index in [0.29, 0.717) is 37.3 Å². The first kappa shape index (κ1) is 50.4. The molecule has 2 aromatic heterocycles. The Morgan fingerprint density at radius 1 is 0.386 bits per heavy atom. The van der Waals surface area contributed by atoms with Gasteiger partial charge in [-0.25, -0.2) is 0 Å². The van der Waals surface area contributed by atoms with E-state index >= 15 is 0 Å². The Labute approximate surface area is 349 Å². The van der Waals surface area contributed by atoms with Crippen LogP contribution in [0.5, 0.6) is 23.0 Å². The standard InChI is InChI=1S/C50H88N2O5/c1-5-9-11-13-15-17-19-21-23-25-27-29-31-33-35-37-39-51-41-45(49(55)47(53)43(51)7-3)57-46-42-52(44(8-4)48(54)50(46)56)40-38-36-34-32-30-28-26-24-22-20-18-16-14-12-10-6-2/h41-42,53-54H,5-40H2,1-4H3. The molecule has 2 N–H and O–H groups in total. The van der Waals surface area contributed by atoms with E-state index in [1.807, 2.05) is 23.0 Å². The van der Waals surface area contributed by atoms with Gasteiger partial charge >= 0.3 is 0 Å². The number of hydrogen-bond acceptors (Lipinski definition) is 5. The largest absolute Gasteiger partial charge is 0.503 e. The molecule has 0 saturated heterocycles. The zero-order chi connectivity index (χ0) is 41.4. The minimum atomic E-state index is -0.627. The highest BCUT2D eigenvalue weighted by atomic mass is 16.5. The molecule has 0 aliphatic carbocycles. The van der Waals surface area contributed by atoms with Crippen LogP contribution in [-0.2, 0) is 25.9 Å². The van der Waals surface area contributed by atoms with Crippen LogP contribution in [0.2, 0.25) is 0 Å². The van der Waals surface area contributed by atoms with E-state index in [2.05, 4.69) is 13.8 Å². The number of ether oxygens (including phenoxy) is 1. The van der Waals surface area contributed by atoms with Crippen LogP contribution in [0.4, 0.5) is 0 Å². The molecule has 7 heteroatoms. The molecule has 0 amide bonds. The molecule has 0 bridgehead atoms. The zero-order valence-electron chi connectivity index (χ0n) is 37.6. The van der Waals surface area contributed by atoms with Crippen LogP contribution in [0.3, 0.4) is 0 Å². The van der Waals surface area contributed by atoms with Gasteiger partial charge < -0.3 is 24.1 Å². The van der Waals surface area contributed by atoms with Crippen molar-refractivity contribution in [3.63, 3.8) is 0 Å². The summed E-state index contributed by atoms with van der Waals surface area (Å²) in [5, 5.41) is 21.8. The van der Waals surface area contributed by atoms with Crippen molar-refractivity contribution in [2.75, 3.05) is 0 Å². The molecule has 2 heterocycles. The van der Waals surface area contributed by atoms with Crippen molar-refractivity contribution in [1.29, 1.82) is 0 Å². The van der Waals surface area contributed by atoms with Crippen LogP contribution in [0.25, 0.3) is 0 Å². The van der Waals surface area contributed by atoms with Crippen molar-refractivity contribution in [2.24, 2.45) is 0 Å². The Bertz CT molecular complexity index is 1310. The highest BCUT2D eigenvalue weighted by Crippen LogP contribution is 2.26. The lowest BCUT2D eigenvalue weighted by molar-refractivity contribution is 0.403. The summed E-state index contributed by atoms with van der Waals surface area (Å²) in [4.78, 5) is 26.4. The van der Waals surface area contributed by atoms with Crippen LogP contribution in [0.15, 0.2) is 22.0 Å². The quantitative estimate of drug-likeness (QED) is 0.0660. The van der Waals surface area contributed by atoms with E-state index in [-0.39, 0.29) is 23.0 Å². The first-order valence-corrected chi connectivity index (χ1v) is 24.5. The van der Waals surface area contributed by atoms with Gasteiger partial charge in [0.1, 0.15) is 0 Å². The van der Waals surface area contributed by atoms with Crippen molar-refractivity contribution in [3.05, 3.63) is 44.2 Å². The van der Waals surface area contributed by atoms with Crippen LogP contribution in [-0.4, -0.2) is 19.3 Å². The van der Waals surface area contributed by atoms with Gasteiger partial charge in [0.2, 0.25) is 0 Å². The Balaban J connectivity index is 1.77. The molecule has 0 fully saturated rings. The highest BCUT2D eigenvalue weighted by Gasteiger charge is 2.20. The van der Waals surface area contributed by atoms with E-state index in [1.165, 1.54) is 180 Å². The first-order chi connectivity index (χ1) is 27.9.